The zero-order valence-electron chi connectivity index (χ0n) is 11.9. The highest BCUT2D eigenvalue weighted by Crippen LogP contribution is 2.34. The molecule has 2 atom stereocenters. The summed E-state index contributed by atoms with van der Waals surface area (Å²) in [4.78, 5) is 14.7. The third kappa shape index (κ3) is 2.33. The molecule has 5 heteroatoms. The lowest BCUT2D eigenvalue weighted by molar-refractivity contribution is 0.0607. The minimum atomic E-state index is 0.0215. The molecule has 1 saturated heterocycles. The van der Waals surface area contributed by atoms with E-state index in [9.17, 15) is 4.79 Å². The average Bonchev–Trinajstić information content (AvgIpc) is 2.48. The SMILES string of the molecule is CC1CN(C(=O)c2cccc3c2OCCO3)C(C)CN1. The number of hydrogen-bond acceptors (Lipinski definition) is 4. The fourth-order valence-corrected chi connectivity index (χ4v) is 2.70. The Hall–Kier alpha value is -1.75. The molecule has 0 aliphatic carbocycles. The van der Waals surface area contributed by atoms with E-state index in [0.717, 1.165) is 6.54 Å². The Kier molecular flexibility index (Phi) is 3.53. The van der Waals surface area contributed by atoms with Crippen molar-refractivity contribution in [3.63, 3.8) is 0 Å². The molecular formula is C15H20N2O3. The van der Waals surface area contributed by atoms with Crippen molar-refractivity contribution in [1.29, 1.82) is 0 Å². The van der Waals surface area contributed by atoms with Gasteiger partial charge in [-0.05, 0) is 26.0 Å². The van der Waals surface area contributed by atoms with Gasteiger partial charge in [-0.15, -0.1) is 0 Å². The van der Waals surface area contributed by atoms with Crippen LogP contribution in [0.25, 0.3) is 0 Å². The predicted molar refractivity (Wildman–Crippen MR) is 75.4 cm³/mol. The molecule has 20 heavy (non-hydrogen) atoms. The zero-order valence-corrected chi connectivity index (χ0v) is 11.9. The van der Waals surface area contributed by atoms with Crippen LogP contribution in [0, 0.1) is 0 Å². The summed E-state index contributed by atoms with van der Waals surface area (Å²) >= 11 is 0. The second kappa shape index (κ2) is 5.32. The van der Waals surface area contributed by atoms with Crippen molar-refractivity contribution in [2.45, 2.75) is 25.9 Å². The molecule has 1 N–H and O–H groups in total. The molecule has 0 bridgehead atoms. The lowest BCUT2D eigenvalue weighted by Crippen LogP contribution is -2.56. The van der Waals surface area contributed by atoms with E-state index in [0.29, 0.717) is 42.9 Å². The van der Waals surface area contributed by atoms with E-state index in [-0.39, 0.29) is 11.9 Å². The topological polar surface area (TPSA) is 50.8 Å². The predicted octanol–water partition coefficient (Wildman–Crippen LogP) is 1.28. The van der Waals surface area contributed by atoms with Crippen LogP contribution in [0.3, 0.4) is 0 Å². The summed E-state index contributed by atoms with van der Waals surface area (Å²) in [6.07, 6.45) is 0. The van der Waals surface area contributed by atoms with Crippen molar-refractivity contribution in [3.8, 4) is 11.5 Å². The molecule has 2 unspecified atom stereocenters. The minimum Gasteiger partial charge on any atom is -0.486 e. The monoisotopic (exact) mass is 276 g/mol. The molecule has 0 radical (unpaired) electrons. The fraction of sp³-hybridized carbons (Fsp3) is 0.533. The first-order valence-electron chi connectivity index (χ1n) is 7.10. The van der Waals surface area contributed by atoms with Crippen LogP contribution in [-0.4, -0.2) is 49.2 Å². The van der Waals surface area contributed by atoms with Gasteiger partial charge < -0.3 is 19.7 Å². The number of hydrogen-bond donors (Lipinski definition) is 1. The van der Waals surface area contributed by atoms with E-state index in [1.54, 1.807) is 0 Å². The highest BCUT2D eigenvalue weighted by molar-refractivity contribution is 5.98. The van der Waals surface area contributed by atoms with Gasteiger partial charge in [0.05, 0.1) is 5.56 Å². The number of fused-ring (bicyclic) bond motifs is 1. The summed E-state index contributed by atoms with van der Waals surface area (Å²) in [6.45, 7) is 6.70. The van der Waals surface area contributed by atoms with Gasteiger partial charge in [-0.1, -0.05) is 6.07 Å². The molecule has 2 aliphatic heterocycles. The van der Waals surface area contributed by atoms with Gasteiger partial charge in [0.15, 0.2) is 11.5 Å². The van der Waals surface area contributed by atoms with Crippen LogP contribution >= 0.6 is 0 Å². The number of para-hydroxylation sites is 1. The summed E-state index contributed by atoms with van der Waals surface area (Å²) in [5.41, 5.74) is 0.600. The summed E-state index contributed by atoms with van der Waals surface area (Å²) in [5, 5.41) is 3.38. The summed E-state index contributed by atoms with van der Waals surface area (Å²) in [7, 11) is 0. The number of carbonyl (C=O) groups is 1. The number of piperazine rings is 1. The van der Waals surface area contributed by atoms with Gasteiger partial charge in [-0.2, -0.15) is 0 Å². The molecule has 3 rings (SSSR count). The van der Waals surface area contributed by atoms with Crippen molar-refractivity contribution in [3.05, 3.63) is 23.8 Å². The second-order valence-electron chi connectivity index (χ2n) is 5.45. The van der Waals surface area contributed by atoms with Crippen LogP contribution in [0.1, 0.15) is 24.2 Å². The van der Waals surface area contributed by atoms with Gasteiger partial charge in [-0.3, -0.25) is 4.79 Å². The number of amides is 1. The van der Waals surface area contributed by atoms with Gasteiger partial charge >= 0.3 is 0 Å². The number of benzene rings is 1. The molecular weight excluding hydrogens is 256 g/mol. The van der Waals surface area contributed by atoms with Crippen LogP contribution < -0.4 is 14.8 Å². The normalized spacial score (nSPS) is 25.4. The summed E-state index contributed by atoms with van der Waals surface area (Å²) in [6, 6.07) is 5.99. The number of carbonyl (C=O) groups excluding carboxylic acids is 1. The molecule has 0 aromatic heterocycles. The number of nitrogens with one attached hydrogen (secondary N) is 1. The van der Waals surface area contributed by atoms with E-state index >= 15 is 0 Å². The Balaban J connectivity index is 1.90. The Bertz CT molecular complexity index is 518. The van der Waals surface area contributed by atoms with Gasteiger partial charge in [0.1, 0.15) is 13.2 Å². The number of nitrogens with zero attached hydrogens (tertiary/aromatic N) is 1. The maximum Gasteiger partial charge on any atom is 0.258 e. The van der Waals surface area contributed by atoms with E-state index in [2.05, 4.69) is 19.2 Å². The Morgan fingerprint density at radius 2 is 2.10 bits per heavy atom. The minimum absolute atomic E-state index is 0.0215. The Morgan fingerprint density at radius 1 is 1.30 bits per heavy atom. The highest BCUT2D eigenvalue weighted by Gasteiger charge is 2.30. The number of ether oxygens (including phenoxy) is 2. The summed E-state index contributed by atoms with van der Waals surface area (Å²) < 4.78 is 11.2. The first-order valence-corrected chi connectivity index (χ1v) is 7.10. The Morgan fingerprint density at radius 3 is 2.95 bits per heavy atom. The van der Waals surface area contributed by atoms with Crippen molar-refractivity contribution in [1.82, 2.24) is 10.2 Å². The van der Waals surface area contributed by atoms with Crippen molar-refractivity contribution in [2.75, 3.05) is 26.3 Å². The molecule has 0 spiro atoms. The van der Waals surface area contributed by atoms with Crippen molar-refractivity contribution < 1.29 is 14.3 Å². The largest absolute Gasteiger partial charge is 0.486 e. The van der Waals surface area contributed by atoms with Gasteiger partial charge in [0, 0.05) is 25.2 Å². The smallest absolute Gasteiger partial charge is 0.258 e. The Labute approximate surface area is 118 Å². The molecule has 5 nitrogen and oxygen atoms in total. The van der Waals surface area contributed by atoms with Gasteiger partial charge in [-0.25, -0.2) is 0 Å². The van der Waals surface area contributed by atoms with Crippen LogP contribution in [0.4, 0.5) is 0 Å². The van der Waals surface area contributed by atoms with Crippen molar-refractivity contribution in [2.24, 2.45) is 0 Å². The van der Waals surface area contributed by atoms with E-state index in [1.165, 1.54) is 0 Å². The fourth-order valence-electron chi connectivity index (χ4n) is 2.70. The van der Waals surface area contributed by atoms with Crippen LogP contribution in [0.5, 0.6) is 11.5 Å². The molecule has 1 amide bonds. The van der Waals surface area contributed by atoms with E-state index < -0.39 is 0 Å². The van der Waals surface area contributed by atoms with E-state index in [1.807, 2.05) is 23.1 Å². The van der Waals surface area contributed by atoms with Crippen molar-refractivity contribution >= 4 is 5.91 Å². The first kappa shape index (κ1) is 13.2. The molecule has 108 valence electrons. The molecule has 1 aromatic rings. The zero-order chi connectivity index (χ0) is 14.1. The van der Waals surface area contributed by atoms with Crippen LogP contribution in [-0.2, 0) is 0 Å². The first-order chi connectivity index (χ1) is 9.66. The third-order valence-electron chi connectivity index (χ3n) is 3.82. The molecule has 2 aliphatic rings. The van der Waals surface area contributed by atoms with E-state index in [4.69, 9.17) is 9.47 Å². The average molecular weight is 276 g/mol. The standard InChI is InChI=1S/C15H20N2O3/c1-10-9-17(11(2)8-16-10)15(18)12-4-3-5-13-14(12)20-7-6-19-13/h3-5,10-11,16H,6-9H2,1-2H3. The summed E-state index contributed by atoms with van der Waals surface area (Å²) in [5.74, 6) is 1.27. The third-order valence-corrected chi connectivity index (χ3v) is 3.82. The molecule has 2 heterocycles. The lowest BCUT2D eigenvalue weighted by atomic mass is 10.1. The maximum absolute atomic E-state index is 12.8. The van der Waals surface area contributed by atoms with Crippen LogP contribution in [0.15, 0.2) is 18.2 Å². The molecule has 1 fully saturated rings. The van der Waals surface area contributed by atoms with Gasteiger partial charge in [0.2, 0.25) is 0 Å². The molecule has 0 saturated carbocycles. The quantitative estimate of drug-likeness (QED) is 0.839. The number of rotatable bonds is 1. The second-order valence-corrected chi connectivity index (χ2v) is 5.45. The highest BCUT2D eigenvalue weighted by atomic mass is 16.6. The maximum atomic E-state index is 12.8. The van der Waals surface area contributed by atoms with Gasteiger partial charge in [0.25, 0.3) is 5.91 Å². The lowest BCUT2D eigenvalue weighted by Gasteiger charge is -2.38. The van der Waals surface area contributed by atoms with Crippen LogP contribution in [0.2, 0.25) is 0 Å². The molecule has 1 aromatic carbocycles.